The molecule has 0 saturated carbocycles. The van der Waals surface area contributed by atoms with Crippen molar-refractivity contribution in [2.75, 3.05) is 0 Å². The fourth-order valence-corrected chi connectivity index (χ4v) is 2.26. The van der Waals surface area contributed by atoms with E-state index in [0.717, 1.165) is 12.3 Å². The maximum atomic E-state index is 6.13. The molecule has 2 nitrogen and oxygen atoms in total. The normalized spacial score (nSPS) is 11.0. The van der Waals surface area contributed by atoms with E-state index in [-0.39, 0.29) is 0 Å². The third kappa shape index (κ3) is 4.37. The summed E-state index contributed by atoms with van der Waals surface area (Å²) >= 11 is 12.1. The Bertz CT molecular complexity index is 626. The molecule has 0 amide bonds. The summed E-state index contributed by atoms with van der Waals surface area (Å²) in [4.78, 5) is 0. The van der Waals surface area contributed by atoms with Gasteiger partial charge in [-0.3, -0.25) is 0 Å². The zero-order valence-corrected chi connectivity index (χ0v) is 13.9. The zero-order valence-electron chi connectivity index (χ0n) is 12.4. The van der Waals surface area contributed by atoms with Gasteiger partial charge in [0.1, 0.15) is 16.5 Å². The van der Waals surface area contributed by atoms with Gasteiger partial charge in [0.25, 0.3) is 0 Å². The standard InChI is InChI=1S/C17H19Cl2NO/c1-11(2)20-10-13-7-8-14(9-12(13)3)21-16-6-4-5-15(18)17(16)19/h4-9,11,20H,10H2,1-3H3. The monoisotopic (exact) mass is 323 g/mol. The van der Waals surface area contributed by atoms with Crippen molar-refractivity contribution in [1.29, 1.82) is 0 Å². The molecule has 2 aromatic carbocycles. The molecule has 0 radical (unpaired) electrons. The molecule has 0 bridgehead atoms. The van der Waals surface area contributed by atoms with Crippen LogP contribution in [0.5, 0.6) is 11.5 Å². The van der Waals surface area contributed by atoms with Crippen LogP contribution in [0.4, 0.5) is 0 Å². The Balaban J connectivity index is 2.15. The van der Waals surface area contributed by atoms with Crippen molar-refractivity contribution in [3.8, 4) is 11.5 Å². The van der Waals surface area contributed by atoms with Crippen LogP contribution in [0, 0.1) is 6.92 Å². The first-order valence-corrected chi connectivity index (χ1v) is 7.67. The molecule has 112 valence electrons. The largest absolute Gasteiger partial charge is 0.456 e. The topological polar surface area (TPSA) is 21.3 Å². The fourth-order valence-electron chi connectivity index (χ4n) is 1.93. The lowest BCUT2D eigenvalue weighted by Gasteiger charge is -2.13. The average molecular weight is 324 g/mol. The fraction of sp³-hybridized carbons (Fsp3) is 0.294. The van der Waals surface area contributed by atoms with Crippen molar-refractivity contribution in [2.45, 2.75) is 33.4 Å². The van der Waals surface area contributed by atoms with Gasteiger partial charge in [0.05, 0.1) is 5.02 Å². The van der Waals surface area contributed by atoms with E-state index in [1.807, 2.05) is 18.2 Å². The number of halogens is 2. The molecule has 0 aliphatic rings. The maximum Gasteiger partial charge on any atom is 0.147 e. The second kappa shape index (κ2) is 7.17. The summed E-state index contributed by atoms with van der Waals surface area (Å²) < 4.78 is 5.81. The quantitative estimate of drug-likeness (QED) is 0.774. The van der Waals surface area contributed by atoms with Crippen LogP contribution in [0.25, 0.3) is 0 Å². The molecule has 0 atom stereocenters. The molecule has 2 aromatic rings. The SMILES string of the molecule is Cc1cc(Oc2cccc(Cl)c2Cl)ccc1CNC(C)C. The number of hydrogen-bond donors (Lipinski definition) is 1. The summed E-state index contributed by atoms with van der Waals surface area (Å²) in [6.07, 6.45) is 0. The van der Waals surface area contributed by atoms with E-state index < -0.39 is 0 Å². The number of rotatable bonds is 5. The Hall–Kier alpha value is -1.22. The number of benzene rings is 2. The number of ether oxygens (including phenoxy) is 1. The van der Waals surface area contributed by atoms with E-state index in [0.29, 0.717) is 21.8 Å². The highest BCUT2D eigenvalue weighted by Crippen LogP contribution is 2.34. The van der Waals surface area contributed by atoms with Crippen LogP contribution in [0.1, 0.15) is 25.0 Å². The lowest BCUT2D eigenvalue weighted by molar-refractivity contribution is 0.482. The van der Waals surface area contributed by atoms with Gasteiger partial charge in [0, 0.05) is 12.6 Å². The molecular weight excluding hydrogens is 305 g/mol. The van der Waals surface area contributed by atoms with E-state index >= 15 is 0 Å². The molecule has 0 spiro atoms. The van der Waals surface area contributed by atoms with Gasteiger partial charge in [0.2, 0.25) is 0 Å². The molecule has 0 unspecified atom stereocenters. The van der Waals surface area contributed by atoms with Crippen LogP contribution >= 0.6 is 23.2 Å². The summed E-state index contributed by atoms with van der Waals surface area (Å²) in [5, 5.41) is 4.33. The molecule has 21 heavy (non-hydrogen) atoms. The second-order valence-electron chi connectivity index (χ2n) is 5.28. The minimum atomic E-state index is 0.433. The van der Waals surface area contributed by atoms with Crippen LogP contribution in [0.2, 0.25) is 10.0 Å². The summed E-state index contributed by atoms with van der Waals surface area (Å²) in [6.45, 7) is 7.19. The maximum absolute atomic E-state index is 6.13. The van der Waals surface area contributed by atoms with E-state index in [9.17, 15) is 0 Å². The Morgan fingerprint density at radius 2 is 1.90 bits per heavy atom. The Labute approximate surface area is 136 Å². The molecule has 0 saturated heterocycles. The summed E-state index contributed by atoms with van der Waals surface area (Å²) in [6, 6.07) is 11.8. The summed E-state index contributed by atoms with van der Waals surface area (Å²) in [5.74, 6) is 1.32. The highest BCUT2D eigenvalue weighted by molar-refractivity contribution is 6.42. The minimum absolute atomic E-state index is 0.433. The van der Waals surface area contributed by atoms with Crippen LogP contribution in [-0.4, -0.2) is 6.04 Å². The highest BCUT2D eigenvalue weighted by atomic mass is 35.5. The van der Waals surface area contributed by atoms with Crippen molar-refractivity contribution < 1.29 is 4.74 Å². The van der Waals surface area contributed by atoms with Gasteiger partial charge in [-0.25, -0.2) is 0 Å². The molecule has 2 rings (SSSR count). The van der Waals surface area contributed by atoms with Crippen LogP contribution in [0.15, 0.2) is 36.4 Å². The molecule has 4 heteroatoms. The summed E-state index contributed by atoms with van der Waals surface area (Å²) in [7, 11) is 0. The van der Waals surface area contributed by atoms with Crippen molar-refractivity contribution >= 4 is 23.2 Å². The van der Waals surface area contributed by atoms with Gasteiger partial charge in [-0.2, -0.15) is 0 Å². The first-order chi connectivity index (χ1) is 9.97. The van der Waals surface area contributed by atoms with E-state index in [1.165, 1.54) is 11.1 Å². The number of aryl methyl sites for hydroxylation is 1. The third-order valence-electron chi connectivity index (χ3n) is 3.16. The molecule has 0 aromatic heterocycles. The third-order valence-corrected chi connectivity index (χ3v) is 3.96. The van der Waals surface area contributed by atoms with Gasteiger partial charge in [-0.1, -0.05) is 49.2 Å². The lowest BCUT2D eigenvalue weighted by Crippen LogP contribution is -2.22. The second-order valence-corrected chi connectivity index (χ2v) is 6.06. The predicted molar refractivity (Wildman–Crippen MR) is 89.7 cm³/mol. The van der Waals surface area contributed by atoms with Crippen molar-refractivity contribution in [1.82, 2.24) is 5.32 Å². The van der Waals surface area contributed by atoms with Gasteiger partial charge < -0.3 is 10.1 Å². The Kier molecular flexibility index (Phi) is 5.51. The first kappa shape index (κ1) is 16.2. The molecule has 0 fully saturated rings. The van der Waals surface area contributed by atoms with Crippen LogP contribution < -0.4 is 10.1 Å². The Morgan fingerprint density at radius 3 is 2.57 bits per heavy atom. The van der Waals surface area contributed by atoms with Crippen molar-refractivity contribution in [3.05, 3.63) is 57.6 Å². The lowest BCUT2D eigenvalue weighted by atomic mass is 10.1. The molecule has 0 aliphatic heterocycles. The van der Waals surface area contributed by atoms with Crippen molar-refractivity contribution in [2.24, 2.45) is 0 Å². The molecule has 0 aliphatic carbocycles. The van der Waals surface area contributed by atoms with Gasteiger partial charge in [-0.05, 0) is 42.3 Å². The number of nitrogens with one attached hydrogen (secondary N) is 1. The molecule has 0 heterocycles. The molecule has 1 N–H and O–H groups in total. The average Bonchev–Trinajstić information content (AvgIpc) is 2.43. The van der Waals surface area contributed by atoms with Crippen LogP contribution in [0.3, 0.4) is 0 Å². The van der Waals surface area contributed by atoms with E-state index in [4.69, 9.17) is 27.9 Å². The van der Waals surface area contributed by atoms with Gasteiger partial charge in [-0.15, -0.1) is 0 Å². The predicted octanol–water partition coefficient (Wildman–Crippen LogP) is 5.59. The van der Waals surface area contributed by atoms with E-state index in [2.05, 4.69) is 32.2 Å². The highest BCUT2D eigenvalue weighted by Gasteiger charge is 2.08. The van der Waals surface area contributed by atoms with Crippen molar-refractivity contribution in [3.63, 3.8) is 0 Å². The van der Waals surface area contributed by atoms with E-state index in [1.54, 1.807) is 12.1 Å². The minimum Gasteiger partial charge on any atom is -0.456 e. The Morgan fingerprint density at radius 1 is 1.14 bits per heavy atom. The molecular formula is C17H19Cl2NO. The first-order valence-electron chi connectivity index (χ1n) is 6.92. The van der Waals surface area contributed by atoms with Gasteiger partial charge >= 0.3 is 0 Å². The number of hydrogen-bond acceptors (Lipinski definition) is 2. The zero-order chi connectivity index (χ0) is 15.4. The van der Waals surface area contributed by atoms with Crippen LogP contribution in [-0.2, 0) is 6.54 Å². The van der Waals surface area contributed by atoms with Gasteiger partial charge in [0.15, 0.2) is 0 Å². The summed E-state index contributed by atoms with van der Waals surface area (Å²) in [5.41, 5.74) is 2.44. The smallest absolute Gasteiger partial charge is 0.147 e.